The van der Waals surface area contributed by atoms with Crippen LogP contribution in [0.3, 0.4) is 0 Å². The Morgan fingerprint density at radius 3 is 2.08 bits per heavy atom. The van der Waals surface area contributed by atoms with Crippen molar-refractivity contribution in [1.29, 1.82) is 0 Å². The second-order valence-electron chi connectivity index (χ2n) is 2.82. The van der Waals surface area contributed by atoms with E-state index in [1.807, 2.05) is 0 Å². The molecule has 0 saturated carbocycles. The maximum atomic E-state index is 10.6. The van der Waals surface area contributed by atoms with Gasteiger partial charge in [-0.15, -0.1) is 0 Å². The molecule has 5 atom stereocenters. The molecule has 0 aromatic heterocycles. The van der Waals surface area contributed by atoms with Gasteiger partial charge >= 0.3 is 0 Å². The summed E-state index contributed by atoms with van der Waals surface area (Å²) in [4.78, 5) is 10.6. The SMILES string of the molecule is NC(=O)[C@H]1O[C@H](O)[C@@H](O)[C@@H](O)[C@@H]1O. The Balaban J connectivity index is 2.76. The van der Waals surface area contributed by atoms with E-state index < -0.39 is 36.6 Å². The van der Waals surface area contributed by atoms with Crippen LogP contribution in [0.25, 0.3) is 0 Å². The first-order valence-corrected chi connectivity index (χ1v) is 3.62. The largest absolute Gasteiger partial charge is 0.387 e. The van der Waals surface area contributed by atoms with Gasteiger partial charge in [0, 0.05) is 0 Å². The first-order chi connectivity index (χ1) is 5.95. The fourth-order valence-corrected chi connectivity index (χ4v) is 1.10. The lowest BCUT2D eigenvalue weighted by molar-refractivity contribution is -0.275. The zero-order chi connectivity index (χ0) is 10.2. The van der Waals surface area contributed by atoms with Gasteiger partial charge in [-0.3, -0.25) is 4.79 Å². The molecule has 0 radical (unpaired) electrons. The van der Waals surface area contributed by atoms with Gasteiger partial charge in [0.1, 0.15) is 18.3 Å². The van der Waals surface area contributed by atoms with E-state index in [9.17, 15) is 4.79 Å². The molecule has 1 heterocycles. The van der Waals surface area contributed by atoms with E-state index in [0.717, 1.165) is 0 Å². The average molecular weight is 193 g/mol. The van der Waals surface area contributed by atoms with Gasteiger partial charge in [0.25, 0.3) is 0 Å². The molecule has 1 rings (SSSR count). The van der Waals surface area contributed by atoms with Crippen LogP contribution < -0.4 is 5.73 Å². The molecule has 0 unspecified atom stereocenters. The van der Waals surface area contributed by atoms with Crippen molar-refractivity contribution in [2.24, 2.45) is 5.73 Å². The summed E-state index contributed by atoms with van der Waals surface area (Å²) in [5, 5.41) is 36.2. The normalized spacial score (nSPS) is 46.0. The van der Waals surface area contributed by atoms with Crippen LogP contribution in [0, 0.1) is 0 Å². The number of aliphatic hydroxyl groups excluding tert-OH is 4. The number of primary amides is 1. The fraction of sp³-hybridized carbons (Fsp3) is 0.833. The number of aliphatic hydroxyl groups is 4. The number of nitrogens with two attached hydrogens (primary N) is 1. The summed E-state index contributed by atoms with van der Waals surface area (Å²) < 4.78 is 4.46. The molecule has 0 bridgehead atoms. The van der Waals surface area contributed by atoms with Crippen molar-refractivity contribution in [3.63, 3.8) is 0 Å². The van der Waals surface area contributed by atoms with E-state index in [1.165, 1.54) is 0 Å². The van der Waals surface area contributed by atoms with Crippen LogP contribution in [0.4, 0.5) is 0 Å². The van der Waals surface area contributed by atoms with Crippen LogP contribution >= 0.6 is 0 Å². The van der Waals surface area contributed by atoms with Gasteiger partial charge in [-0.25, -0.2) is 0 Å². The fourth-order valence-electron chi connectivity index (χ4n) is 1.10. The number of hydrogen-bond donors (Lipinski definition) is 5. The van der Waals surface area contributed by atoms with E-state index in [2.05, 4.69) is 4.74 Å². The van der Waals surface area contributed by atoms with Gasteiger partial charge in [-0.1, -0.05) is 0 Å². The minimum atomic E-state index is -1.73. The summed E-state index contributed by atoms with van der Waals surface area (Å²) in [5.41, 5.74) is 4.80. The molecular formula is C6H11NO6. The van der Waals surface area contributed by atoms with E-state index in [0.29, 0.717) is 0 Å². The molecule has 1 aliphatic heterocycles. The van der Waals surface area contributed by atoms with Gasteiger partial charge in [0.05, 0.1) is 0 Å². The number of carbonyl (C=O) groups is 1. The highest BCUT2D eigenvalue weighted by Crippen LogP contribution is 2.19. The van der Waals surface area contributed by atoms with Crippen molar-refractivity contribution >= 4 is 5.91 Å². The Kier molecular flexibility index (Phi) is 2.84. The van der Waals surface area contributed by atoms with Gasteiger partial charge in [-0.2, -0.15) is 0 Å². The maximum absolute atomic E-state index is 10.6. The summed E-state index contributed by atoms with van der Waals surface area (Å²) in [6, 6.07) is 0. The average Bonchev–Trinajstić information content (AvgIpc) is 2.07. The summed E-state index contributed by atoms with van der Waals surface area (Å²) in [7, 11) is 0. The van der Waals surface area contributed by atoms with Gasteiger partial charge < -0.3 is 30.9 Å². The van der Waals surface area contributed by atoms with Crippen LogP contribution in [-0.4, -0.2) is 57.0 Å². The van der Waals surface area contributed by atoms with E-state index in [1.54, 1.807) is 0 Å². The van der Waals surface area contributed by atoms with Crippen LogP contribution in [-0.2, 0) is 9.53 Å². The zero-order valence-corrected chi connectivity index (χ0v) is 6.57. The molecule has 1 aliphatic rings. The molecule has 1 amide bonds. The molecule has 0 spiro atoms. The van der Waals surface area contributed by atoms with Crippen molar-refractivity contribution < 1.29 is 30.0 Å². The molecule has 76 valence electrons. The van der Waals surface area contributed by atoms with Crippen LogP contribution in [0.2, 0.25) is 0 Å². The lowest BCUT2D eigenvalue weighted by atomic mass is 9.99. The van der Waals surface area contributed by atoms with Crippen molar-refractivity contribution in [2.45, 2.75) is 30.7 Å². The Morgan fingerprint density at radius 1 is 1.08 bits per heavy atom. The lowest BCUT2D eigenvalue weighted by Crippen LogP contribution is -2.60. The predicted octanol–water partition coefficient (Wildman–Crippen LogP) is -3.73. The van der Waals surface area contributed by atoms with E-state index in [4.69, 9.17) is 26.2 Å². The number of hydrogen-bond acceptors (Lipinski definition) is 6. The van der Waals surface area contributed by atoms with Crippen molar-refractivity contribution in [3.05, 3.63) is 0 Å². The molecule has 6 N–H and O–H groups in total. The van der Waals surface area contributed by atoms with Gasteiger partial charge in [0.15, 0.2) is 12.4 Å². The Labute approximate surface area is 73.4 Å². The molecule has 7 heteroatoms. The van der Waals surface area contributed by atoms with E-state index >= 15 is 0 Å². The monoisotopic (exact) mass is 193 g/mol. The number of rotatable bonds is 1. The molecule has 0 aliphatic carbocycles. The minimum absolute atomic E-state index is 1.02. The highest BCUT2D eigenvalue weighted by molar-refractivity contribution is 5.79. The summed E-state index contributed by atoms with van der Waals surface area (Å²) >= 11 is 0. The summed E-state index contributed by atoms with van der Waals surface area (Å²) in [6.45, 7) is 0. The topological polar surface area (TPSA) is 133 Å². The quantitative estimate of drug-likeness (QED) is 0.291. The molecule has 13 heavy (non-hydrogen) atoms. The van der Waals surface area contributed by atoms with Crippen molar-refractivity contribution in [1.82, 2.24) is 0 Å². The third-order valence-electron chi connectivity index (χ3n) is 1.87. The number of ether oxygens (including phenoxy) is 1. The van der Waals surface area contributed by atoms with Crippen LogP contribution in [0.1, 0.15) is 0 Å². The second-order valence-corrected chi connectivity index (χ2v) is 2.82. The molecule has 7 nitrogen and oxygen atoms in total. The zero-order valence-electron chi connectivity index (χ0n) is 6.57. The van der Waals surface area contributed by atoms with Crippen LogP contribution in [0.15, 0.2) is 0 Å². The first-order valence-electron chi connectivity index (χ1n) is 3.62. The van der Waals surface area contributed by atoms with Gasteiger partial charge in [-0.05, 0) is 0 Å². The van der Waals surface area contributed by atoms with Crippen LogP contribution in [0.5, 0.6) is 0 Å². The lowest BCUT2D eigenvalue weighted by Gasteiger charge is -2.36. The molecule has 1 fully saturated rings. The van der Waals surface area contributed by atoms with Crippen molar-refractivity contribution in [3.8, 4) is 0 Å². The molecule has 0 aromatic rings. The summed E-state index contributed by atoms with van der Waals surface area (Å²) in [5.74, 6) is -1.02. The van der Waals surface area contributed by atoms with Crippen molar-refractivity contribution in [2.75, 3.05) is 0 Å². The standard InChI is InChI=1S/C6H11NO6/c7-5(11)4-2(9)1(8)3(10)6(12)13-4/h1-4,6,8-10,12H,(H2,7,11)/t1-,2-,3-,4-,6-/m0/s1. The third-order valence-corrected chi connectivity index (χ3v) is 1.87. The smallest absolute Gasteiger partial charge is 0.249 e. The molecule has 0 aromatic carbocycles. The predicted molar refractivity (Wildman–Crippen MR) is 38.1 cm³/mol. The molecule has 1 saturated heterocycles. The van der Waals surface area contributed by atoms with E-state index in [-0.39, 0.29) is 0 Å². The molecular weight excluding hydrogens is 182 g/mol. The number of carbonyl (C=O) groups excluding carboxylic acids is 1. The maximum Gasteiger partial charge on any atom is 0.249 e. The Morgan fingerprint density at radius 2 is 1.62 bits per heavy atom. The first kappa shape index (κ1) is 10.4. The third kappa shape index (κ3) is 1.79. The highest BCUT2D eigenvalue weighted by atomic mass is 16.6. The summed E-state index contributed by atoms with van der Waals surface area (Å²) in [6.07, 6.45) is -8.16. The van der Waals surface area contributed by atoms with Gasteiger partial charge in [0.2, 0.25) is 5.91 Å². The Hall–Kier alpha value is -0.730. The highest BCUT2D eigenvalue weighted by Gasteiger charge is 2.45. The minimum Gasteiger partial charge on any atom is -0.387 e. The second kappa shape index (κ2) is 3.56. The Bertz CT molecular complexity index is 209. The number of amides is 1.